The number of aromatic nitrogens is 1. The summed E-state index contributed by atoms with van der Waals surface area (Å²) >= 11 is 6.91. The lowest BCUT2D eigenvalue weighted by Crippen LogP contribution is -2.40. The zero-order valence-corrected chi connectivity index (χ0v) is 25.8. The summed E-state index contributed by atoms with van der Waals surface area (Å²) in [6, 6.07) is 22.6. The molecule has 0 radical (unpaired) electrons. The molecule has 216 valence electrons. The number of benzene rings is 2. The number of hydrogen-bond donors (Lipinski definition) is 0. The van der Waals surface area contributed by atoms with Gasteiger partial charge < -0.3 is 4.90 Å². The summed E-state index contributed by atoms with van der Waals surface area (Å²) in [4.78, 5) is 31.7. The molecule has 42 heavy (non-hydrogen) atoms. The molecular weight excluding hydrogens is 561 g/mol. The van der Waals surface area contributed by atoms with Crippen molar-refractivity contribution in [1.29, 1.82) is 5.26 Å². The standard InChI is InChI=1S/C34H36N4O2S2/c1-3-4-17-37-31(36-18-15-26(16-19-36)20-25-11-7-5-8-12-25)28(24(2)29(22-35)32(37)39)21-30-33(40)38(34(41)42-30)23-27-13-9-6-10-14-27/h5-14,21,26H,3-4,15-20,23H2,1-2H3/b30-21-. The van der Waals surface area contributed by atoms with E-state index in [0.29, 0.717) is 33.8 Å². The molecule has 0 saturated carbocycles. The van der Waals surface area contributed by atoms with E-state index in [4.69, 9.17) is 12.2 Å². The minimum absolute atomic E-state index is 0.139. The molecular formula is C34H36N4O2S2. The first-order valence-corrected chi connectivity index (χ1v) is 15.9. The minimum atomic E-state index is -0.251. The second-order valence-electron chi connectivity index (χ2n) is 11.0. The number of unbranched alkanes of at least 4 members (excludes halogenated alkanes) is 1. The van der Waals surface area contributed by atoms with Crippen LogP contribution in [0.1, 0.15) is 60.4 Å². The zero-order valence-electron chi connectivity index (χ0n) is 24.2. The number of piperidine rings is 1. The van der Waals surface area contributed by atoms with Crippen molar-refractivity contribution in [1.82, 2.24) is 9.47 Å². The number of anilines is 1. The van der Waals surface area contributed by atoms with Crippen LogP contribution in [0.2, 0.25) is 0 Å². The maximum atomic E-state index is 13.6. The van der Waals surface area contributed by atoms with Gasteiger partial charge in [-0.3, -0.25) is 19.1 Å². The highest BCUT2D eigenvalue weighted by Gasteiger charge is 2.34. The summed E-state index contributed by atoms with van der Waals surface area (Å²) in [5.74, 6) is 1.23. The summed E-state index contributed by atoms with van der Waals surface area (Å²) in [7, 11) is 0. The second kappa shape index (κ2) is 13.5. The van der Waals surface area contributed by atoms with E-state index >= 15 is 0 Å². The average molecular weight is 597 g/mol. The smallest absolute Gasteiger partial charge is 0.270 e. The van der Waals surface area contributed by atoms with E-state index in [2.05, 4.69) is 42.2 Å². The Labute approximate surface area is 257 Å². The molecule has 0 aliphatic carbocycles. The fraction of sp³-hybridized carbons (Fsp3) is 0.353. The normalized spacial score (nSPS) is 16.8. The predicted octanol–water partition coefficient (Wildman–Crippen LogP) is 6.69. The summed E-state index contributed by atoms with van der Waals surface area (Å²) in [6.45, 7) is 6.47. The van der Waals surface area contributed by atoms with Gasteiger partial charge in [0, 0.05) is 25.2 Å². The molecule has 0 N–H and O–H groups in total. The number of thioether (sulfide) groups is 1. The molecule has 1 aromatic heterocycles. The minimum Gasteiger partial charge on any atom is -0.357 e. The second-order valence-corrected chi connectivity index (χ2v) is 12.7. The fourth-order valence-electron chi connectivity index (χ4n) is 5.84. The van der Waals surface area contributed by atoms with Gasteiger partial charge in [0.15, 0.2) is 0 Å². The van der Waals surface area contributed by atoms with Gasteiger partial charge in [-0.2, -0.15) is 5.26 Å². The topological polar surface area (TPSA) is 69.3 Å². The van der Waals surface area contributed by atoms with Gasteiger partial charge in [-0.1, -0.05) is 98.0 Å². The molecule has 8 heteroatoms. The van der Waals surface area contributed by atoms with Crippen LogP contribution in [0, 0.1) is 24.2 Å². The van der Waals surface area contributed by atoms with Crippen LogP contribution < -0.4 is 10.5 Å². The van der Waals surface area contributed by atoms with Crippen molar-refractivity contribution in [2.45, 2.75) is 59.0 Å². The number of rotatable bonds is 9. The first kappa shape index (κ1) is 29.8. The molecule has 0 bridgehead atoms. The Kier molecular flexibility index (Phi) is 9.61. The van der Waals surface area contributed by atoms with Gasteiger partial charge in [0.2, 0.25) is 0 Å². The molecule has 1 amide bonds. The fourth-order valence-corrected chi connectivity index (χ4v) is 7.08. The van der Waals surface area contributed by atoms with E-state index in [1.807, 2.05) is 49.4 Å². The van der Waals surface area contributed by atoms with Crippen LogP contribution in [-0.2, 0) is 24.3 Å². The monoisotopic (exact) mass is 596 g/mol. The van der Waals surface area contributed by atoms with Crippen molar-refractivity contribution in [2.75, 3.05) is 18.0 Å². The van der Waals surface area contributed by atoms with Crippen LogP contribution in [-0.4, -0.2) is 32.8 Å². The summed E-state index contributed by atoms with van der Waals surface area (Å²) < 4.78 is 2.29. The first-order valence-electron chi connectivity index (χ1n) is 14.7. The largest absolute Gasteiger partial charge is 0.357 e. The van der Waals surface area contributed by atoms with Gasteiger partial charge in [0.25, 0.3) is 11.5 Å². The number of thiocarbonyl (C=S) groups is 1. The molecule has 0 atom stereocenters. The molecule has 2 fully saturated rings. The van der Waals surface area contributed by atoms with E-state index < -0.39 is 0 Å². The molecule has 2 aromatic carbocycles. The van der Waals surface area contributed by atoms with Crippen molar-refractivity contribution in [3.05, 3.63) is 104 Å². The number of carbonyl (C=O) groups is 1. The highest BCUT2D eigenvalue weighted by Crippen LogP contribution is 2.37. The van der Waals surface area contributed by atoms with E-state index in [-0.39, 0.29) is 17.0 Å². The lowest BCUT2D eigenvalue weighted by molar-refractivity contribution is -0.122. The molecule has 3 heterocycles. The summed E-state index contributed by atoms with van der Waals surface area (Å²) in [5, 5.41) is 10.0. The van der Waals surface area contributed by atoms with E-state index in [1.165, 1.54) is 17.3 Å². The van der Waals surface area contributed by atoms with Crippen molar-refractivity contribution < 1.29 is 4.79 Å². The van der Waals surface area contributed by atoms with Crippen molar-refractivity contribution in [3.63, 3.8) is 0 Å². The number of amides is 1. The van der Waals surface area contributed by atoms with Crippen LogP contribution in [0.15, 0.2) is 70.4 Å². The molecule has 0 spiro atoms. The van der Waals surface area contributed by atoms with Gasteiger partial charge in [0.05, 0.1) is 11.4 Å². The van der Waals surface area contributed by atoms with E-state index in [0.717, 1.165) is 62.1 Å². The van der Waals surface area contributed by atoms with Crippen molar-refractivity contribution in [2.24, 2.45) is 5.92 Å². The number of pyridine rings is 1. The third kappa shape index (κ3) is 6.38. The van der Waals surface area contributed by atoms with Crippen molar-refractivity contribution >= 4 is 46.1 Å². The first-order chi connectivity index (χ1) is 20.4. The zero-order chi connectivity index (χ0) is 29.6. The molecule has 3 aromatic rings. The summed E-state index contributed by atoms with van der Waals surface area (Å²) in [6.07, 6.45) is 6.68. The molecule has 6 nitrogen and oxygen atoms in total. The SMILES string of the molecule is CCCCn1c(N2CCC(Cc3ccccc3)CC2)c(/C=C2\SC(=S)N(Cc3ccccc3)C2=O)c(C)c(C#N)c1=O. The van der Waals surface area contributed by atoms with Crippen LogP contribution in [0.4, 0.5) is 5.82 Å². The van der Waals surface area contributed by atoms with E-state index in [1.54, 1.807) is 9.47 Å². The molecule has 2 aliphatic heterocycles. The molecule has 0 unspecified atom stereocenters. The Morgan fingerprint density at radius 3 is 2.29 bits per heavy atom. The van der Waals surface area contributed by atoms with Gasteiger partial charge in [-0.05, 0) is 61.3 Å². The Balaban J connectivity index is 1.51. The van der Waals surface area contributed by atoms with Gasteiger partial charge in [-0.25, -0.2) is 0 Å². The summed E-state index contributed by atoms with van der Waals surface area (Å²) in [5.41, 5.74) is 3.63. The number of nitrogens with zero attached hydrogens (tertiary/aromatic N) is 4. The van der Waals surface area contributed by atoms with E-state index in [9.17, 15) is 14.9 Å². The Morgan fingerprint density at radius 2 is 1.67 bits per heavy atom. The van der Waals surface area contributed by atoms with Crippen molar-refractivity contribution in [3.8, 4) is 6.07 Å². The predicted molar refractivity (Wildman–Crippen MR) is 175 cm³/mol. The number of hydrogen-bond acceptors (Lipinski definition) is 6. The van der Waals surface area contributed by atoms with Gasteiger partial charge >= 0.3 is 0 Å². The average Bonchev–Trinajstić information content (AvgIpc) is 3.27. The van der Waals surface area contributed by atoms with Crippen LogP contribution in [0.5, 0.6) is 0 Å². The van der Waals surface area contributed by atoms with Crippen LogP contribution >= 0.6 is 24.0 Å². The third-order valence-corrected chi connectivity index (χ3v) is 9.57. The van der Waals surface area contributed by atoms with Crippen LogP contribution in [0.3, 0.4) is 0 Å². The third-order valence-electron chi connectivity index (χ3n) is 8.20. The van der Waals surface area contributed by atoms with Gasteiger partial charge in [0.1, 0.15) is 21.8 Å². The Hall–Kier alpha value is -3.67. The maximum absolute atomic E-state index is 13.6. The highest BCUT2D eigenvalue weighted by molar-refractivity contribution is 8.26. The quantitative estimate of drug-likeness (QED) is 0.203. The van der Waals surface area contributed by atoms with Crippen LogP contribution in [0.25, 0.3) is 6.08 Å². The lowest BCUT2D eigenvalue weighted by atomic mass is 9.90. The maximum Gasteiger partial charge on any atom is 0.270 e. The Morgan fingerprint density at radius 1 is 1.02 bits per heavy atom. The molecule has 2 saturated heterocycles. The molecule has 5 rings (SSSR count). The lowest BCUT2D eigenvalue weighted by Gasteiger charge is -2.36. The number of carbonyl (C=O) groups excluding carboxylic acids is 1. The molecule has 2 aliphatic rings. The number of nitriles is 1. The highest BCUT2D eigenvalue weighted by atomic mass is 32.2. The Bertz CT molecular complexity index is 1580. The van der Waals surface area contributed by atoms with Gasteiger partial charge in [-0.15, -0.1) is 0 Å².